The summed E-state index contributed by atoms with van der Waals surface area (Å²) in [5.41, 5.74) is 1.34. The highest BCUT2D eigenvalue weighted by Crippen LogP contribution is 2.39. The summed E-state index contributed by atoms with van der Waals surface area (Å²) in [4.78, 5) is 11.0. The molecule has 0 unspecified atom stereocenters. The lowest BCUT2D eigenvalue weighted by Gasteiger charge is -2.12. The van der Waals surface area contributed by atoms with Gasteiger partial charge in [-0.2, -0.15) is 0 Å². The Morgan fingerprint density at radius 3 is 2.67 bits per heavy atom. The minimum absolute atomic E-state index is 0.000758. The maximum Gasteiger partial charge on any atom is 0.144 e. The molecule has 0 aromatic heterocycles. The van der Waals surface area contributed by atoms with E-state index >= 15 is 0 Å². The van der Waals surface area contributed by atoms with E-state index in [1.165, 1.54) is 14.0 Å². The van der Waals surface area contributed by atoms with Gasteiger partial charge in [-0.25, -0.2) is 0 Å². The molecule has 0 saturated heterocycles. The third-order valence-electron chi connectivity index (χ3n) is 2.11. The van der Waals surface area contributed by atoms with Gasteiger partial charge in [-0.15, -0.1) is 0 Å². The third-order valence-corrected chi connectivity index (χ3v) is 2.46. The molecule has 0 spiro atoms. The number of hydrogen-bond donors (Lipinski definition) is 1. The topological polar surface area (TPSA) is 46.5 Å². The summed E-state index contributed by atoms with van der Waals surface area (Å²) in [6.07, 6.45) is 0.254. The van der Waals surface area contributed by atoms with Crippen molar-refractivity contribution in [2.75, 3.05) is 7.11 Å². The van der Waals surface area contributed by atoms with Crippen LogP contribution < -0.4 is 4.74 Å². The third kappa shape index (κ3) is 2.42. The van der Waals surface area contributed by atoms with E-state index in [0.29, 0.717) is 16.9 Å². The lowest BCUT2D eigenvalue weighted by Crippen LogP contribution is -2.01. The standard InChI is InChI=1S/C11H13ClO3/c1-6-4-8(5-7(2)13)11(15-3)9(12)10(6)14/h4,14H,5H2,1-3H3. The molecule has 0 atom stereocenters. The fourth-order valence-electron chi connectivity index (χ4n) is 1.44. The molecule has 1 aromatic rings. The van der Waals surface area contributed by atoms with Crippen LogP contribution in [0.5, 0.6) is 11.5 Å². The van der Waals surface area contributed by atoms with Crippen molar-refractivity contribution in [1.29, 1.82) is 0 Å². The first-order chi connectivity index (χ1) is 6.97. The number of aromatic hydroxyl groups is 1. The van der Waals surface area contributed by atoms with Gasteiger partial charge in [0.25, 0.3) is 0 Å². The Morgan fingerprint density at radius 2 is 2.20 bits per heavy atom. The number of halogens is 1. The molecule has 1 rings (SSSR count). The van der Waals surface area contributed by atoms with Crippen molar-refractivity contribution >= 4 is 17.4 Å². The molecule has 82 valence electrons. The van der Waals surface area contributed by atoms with Crippen LogP contribution in [0.2, 0.25) is 5.02 Å². The number of hydrogen-bond acceptors (Lipinski definition) is 3. The summed E-state index contributed by atoms with van der Waals surface area (Å²) in [5, 5.41) is 9.74. The van der Waals surface area contributed by atoms with Crippen LogP contribution in [-0.2, 0) is 11.2 Å². The Kier molecular flexibility index (Phi) is 3.58. The molecular weight excluding hydrogens is 216 g/mol. The maximum atomic E-state index is 11.0. The van der Waals surface area contributed by atoms with Gasteiger partial charge in [0.05, 0.1) is 7.11 Å². The van der Waals surface area contributed by atoms with E-state index in [4.69, 9.17) is 16.3 Å². The fourth-order valence-corrected chi connectivity index (χ4v) is 1.78. The first-order valence-corrected chi connectivity index (χ1v) is 4.89. The van der Waals surface area contributed by atoms with Crippen LogP contribution in [0, 0.1) is 6.92 Å². The number of phenolic OH excluding ortho intramolecular Hbond substituents is 1. The molecule has 0 heterocycles. The van der Waals surface area contributed by atoms with Crippen LogP contribution in [0.25, 0.3) is 0 Å². The second-order valence-electron chi connectivity index (χ2n) is 3.43. The molecule has 4 heteroatoms. The van der Waals surface area contributed by atoms with Crippen LogP contribution in [0.15, 0.2) is 6.07 Å². The highest BCUT2D eigenvalue weighted by molar-refractivity contribution is 6.33. The zero-order chi connectivity index (χ0) is 11.6. The van der Waals surface area contributed by atoms with E-state index in [1.54, 1.807) is 13.0 Å². The van der Waals surface area contributed by atoms with Crippen molar-refractivity contribution in [2.45, 2.75) is 20.3 Å². The SMILES string of the molecule is COc1c(CC(C)=O)cc(C)c(O)c1Cl. The number of carbonyl (C=O) groups is 1. The number of ether oxygens (including phenoxy) is 1. The van der Waals surface area contributed by atoms with Crippen molar-refractivity contribution in [1.82, 2.24) is 0 Å². The van der Waals surface area contributed by atoms with Crippen molar-refractivity contribution in [2.24, 2.45) is 0 Å². The zero-order valence-corrected chi connectivity index (χ0v) is 9.68. The van der Waals surface area contributed by atoms with E-state index in [2.05, 4.69) is 0 Å². The lowest BCUT2D eigenvalue weighted by atomic mass is 10.0. The number of benzene rings is 1. The number of Topliss-reactive ketones (excluding diaryl/α,β-unsaturated/α-hetero) is 1. The fraction of sp³-hybridized carbons (Fsp3) is 0.364. The largest absolute Gasteiger partial charge is 0.506 e. The molecule has 3 nitrogen and oxygen atoms in total. The van der Waals surface area contributed by atoms with Gasteiger partial charge in [-0.05, 0) is 25.5 Å². The Bertz CT molecular complexity index is 399. The van der Waals surface area contributed by atoms with Gasteiger partial charge in [0, 0.05) is 12.0 Å². The molecule has 0 aliphatic rings. The van der Waals surface area contributed by atoms with E-state index in [0.717, 1.165) is 0 Å². The molecule has 1 N–H and O–H groups in total. The predicted octanol–water partition coefficient (Wildman–Crippen LogP) is 2.49. The number of phenols is 1. The number of rotatable bonds is 3. The van der Waals surface area contributed by atoms with Gasteiger partial charge >= 0.3 is 0 Å². The van der Waals surface area contributed by atoms with Crippen LogP contribution in [-0.4, -0.2) is 18.0 Å². The average Bonchev–Trinajstić information content (AvgIpc) is 2.14. The van der Waals surface area contributed by atoms with E-state index in [1.807, 2.05) is 0 Å². The molecule has 0 aliphatic carbocycles. The minimum atomic E-state index is 0.000758. The number of aryl methyl sites for hydroxylation is 1. The van der Waals surface area contributed by atoms with Crippen LogP contribution >= 0.6 is 11.6 Å². The number of carbonyl (C=O) groups excluding carboxylic acids is 1. The Labute approximate surface area is 93.6 Å². The molecule has 1 aromatic carbocycles. The summed E-state index contributed by atoms with van der Waals surface area (Å²) in [5.74, 6) is 0.394. The van der Waals surface area contributed by atoms with Gasteiger partial charge in [0.2, 0.25) is 0 Å². The molecule has 0 aliphatic heterocycles. The summed E-state index contributed by atoms with van der Waals surface area (Å²) >= 11 is 5.90. The first-order valence-electron chi connectivity index (χ1n) is 4.51. The molecule has 0 saturated carbocycles. The van der Waals surface area contributed by atoms with Crippen LogP contribution in [0.1, 0.15) is 18.1 Å². The lowest BCUT2D eigenvalue weighted by molar-refractivity contribution is -0.116. The molecule has 0 bridgehead atoms. The Morgan fingerprint density at radius 1 is 1.60 bits per heavy atom. The Hall–Kier alpha value is -1.22. The van der Waals surface area contributed by atoms with Gasteiger partial charge < -0.3 is 9.84 Å². The highest BCUT2D eigenvalue weighted by atomic mass is 35.5. The molecule has 0 amide bonds. The second-order valence-corrected chi connectivity index (χ2v) is 3.81. The predicted molar refractivity (Wildman–Crippen MR) is 58.8 cm³/mol. The smallest absolute Gasteiger partial charge is 0.144 e. The van der Waals surface area contributed by atoms with Crippen LogP contribution in [0.4, 0.5) is 0 Å². The molecule has 15 heavy (non-hydrogen) atoms. The van der Waals surface area contributed by atoms with Gasteiger partial charge in [0.1, 0.15) is 22.3 Å². The second kappa shape index (κ2) is 4.53. The van der Waals surface area contributed by atoms with Crippen molar-refractivity contribution in [3.8, 4) is 11.5 Å². The van der Waals surface area contributed by atoms with Crippen molar-refractivity contribution in [3.05, 3.63) is 22.2 Å². The van der Waals surface area contributed by atoms with E-state index in [9.17, 15) is 9.90 Å². The summed E-state index contributed by atoms with van der Waals surface area (Å²) in [7, 11) is 1.46. The minimum Gasteiger partial charge on any atom is -0.506 e. The van der Waals surface area contributed by atoms with Crippen LogP contribution in [0.3, 0.4) is 0 Å². The monoisotopic (exact) mass is 228 g/mol. The van der Waals surface area contributed by atoms with E-state index in [-0.39, 0.29) is 23.0 Å². The number of ketones is 1. The van der Waals surface area contributed by atoms with E-state index < -0.39 is 0 Å². The summed E-state index contributed by atoms with van der Waals surface area (Å²) in [6.45, 7) is 3.22. The molecular formula is C11H13ClO3. The summed E-state index contributed by atoms with van der Waals surface area (Å²) < 4.78 is 5.07. The normalized spacial score (nSPS) is 10.1. The van der Waals surface area contributed by atoms with Gasteiger partial charge in [-0.1, -0.05) is 11.6 Å². The summed E-state index contributed by atoms with van der Waals surface area (Å²) in [6, 6.07) is 1.71. The number of methoxy groups -OCH3 is 1. The van der Waals surface area contributed by atoms with Gasteiger partial charge in [-0.3, -0.25) is 4.79 Å². The first kappa shape index (κ1) is 11.9. The van der Waals surface area contributed by atoms with Gasteiger partial charge in [0.15, 0.2) is 0 Å². The Balaban J connectivity index is 3.31. The zero-order valence-electron chi connectivity index (χ0n) is 8.93. The van der Waals surface area contributed by atoms with Crippen molar-refractivity contribution < 1.29 is 14.6 Å². The molecule has 0 radical (unpaired) electrons. The highest BCUT2D eigenvalue weighted by Gasteiger charge is 2.15. The molecule has 0 fully saturated rings. The van der Waals surface area contributed by atoms with Crippen molar-refractivity contribution in [3.63, 3.8) is 0 Å². The maximum absolute atomic E-state index is 11.0. The quantitative estimate of drug-likeness (QED) is 0.865. The average molecular weight is 229 g/mol.